The highest BCUT2D eigenvalue weighted by atomic mass is 35.5. The second-order valence-electron chi connectivity index (χ2n) is 7.55. The second kappa shape index (κ2) is 8.72. The summed E-state index contributed by atoms with van der Waals surface area (Å²) < 4.78 is 0. The molecular weight excluding hydrogens is 446 g/mol. The highest BCUT2D eigenvalue weighted by Gasteiger charge is 2.26. The van der Waals surface area contributed by atoms with Crippen molar-refractivity contribution >= 4 is 68.8 Å². The molecule has 1 aliphatic heterocycles. The number of hydrogen-bond donors (Lipinski definition) is 2. The van der Waals surface area contributed by atoms with Crippen LogP contribution in [0.4, 0.5) is 11.4 Å². The molecule has 2 aromatic carbocycles. The number of hydrogen-bond acceptors (Lipinski definition) is 6. The highest BCUT2D eigenvalue weighted by molar-refractivity contribution is 8.18. The molecular formula is C23H18ClN5O2S. The lowest BCUT2D eigenvalue weighted by atomic mass is 9.85. The van der Waals surface area contributed by atoms with E-state index in [4.69, 9.17) is 11.6 Å². The molecule has 0 atom stereocenters. The van der Waals surface area contributed by atoms with Gasteiger partial charge in [0.1, 0.15) is 0 Å². The van der Waals surface area contributed by atoms with Crippen molar-refractivity contribution in [2.75, 3.05) is 10.6 Å². The Morgan fingerprint density at radius 3 is 2.66 bits per heavy atom. The first-order chi connectivity index (χ1) is 15.6. The lowest BCUT2D eigenvalue weighted by Gasteiger charge is -2.24. The standard InChI is InChI=1S/C23H18ClN5O2S/c24-20-16(27-21(30)14-3-1-4-14)5-2-6-17(20)28-23-29-22(31)19(32-23)12-13-7-8-15-18(11-13)26-10-9-25-15/h2,5-12,14H,1,3-4H2,(H,27,30)(H,28,29,31)/b19-12-. The molecule has 1 aromatic heterocycles. The molecule has 0 unspecified atom stereocenters. The Bertz CT molecular complexity index is 1300. The van der Waals surface area contributed by atoms with Gasteiger partial charge in [-0.15, -0.1) is 0 Å². The Hall–Kier alpha value is -3.23. The first kappa shape index (κ1) is 20.7. The van der Waals surface area contributed by atoms with Crippen LogP contribution in [0.5, 0.6) is 0 Å². The summed E-state index contributed by atoms with van der Waals surface area (Å²) in [6.45, 7) is 0. The summed E-state index contributed by atoms with van der Waals surface area (Å²) in [7, 11) is 0. The second-order valence-corrected chi connectivity index (χ2v) is 8.96. The van der Waals surface area contributed by atoms with Crippen LogP contribution in [0.25, 0.3) is 17.1 Å². The number of aromatic nitrogens is 2. The SMILES string of the molecule is O=C1N=C(Nc2cccc(NC(=O)C3CCC3)c2Cl)S/C1=C\c1ccc2nccnc2c1. The molecule has 2 N–H and O–H groups in total. The van der Waals surface area contributed by atoms with Crippen LogP contribution in [0.1, 0.15) is 24.8 Å². The number of nitrogens with zero attached hydrogens (tertiary/aromatic N) is 3. The summed E-state index contributed by atoms with van der Waals surface area (Å²) >= 11 is 7.73. The lowest BCUT2D eigenvalue weighted by Crippen LogP contribution is -2.28. The van der Waals surface area contributed by atoms with Gasteiger partial charge >= 0.3 is 0 Å². The zero-order valence-corrected chi connectivity index (χ0v) is 18.4. The molecule has 0 radical (unpaired) electrons. The Labute approximate surface area is 193 Å². The van der Waals surface area contributed by atoms with Crippen LogP contribution in [0.3, 0.4) is 0 Å². The average Bonchev–Trinajstić information content (AvgIpc) is 3.08. The van der Waals surface area contributed by atoms with E-state index in [9.17, 15) is 9.59 Å². The van der Waals surface area contributed by atoms with Gasteiger partial charge in [0, 0.05) is 18.3 Å². The molecule has 2 heterocycles. The van der Waals surface area contributed by atoms with Gasteiger partial charge in [-0.3, -0.25) is 19.6 Å². The minimum absolute atomic E-state index is 0.0108. The summed E-state index contributed by atoms with van der Waals surface area (Å²) in [5, 5.41) is 6.80. The predicted octanol–water partition coefficient (Wildman–Crippen LogP) is 5.10. The van der Waals surface area contributed by atoms with E-state index < -0.39 is 0 Å². The molecule has 0 saturated heterocycles. The molecule has 5 rings (SSSR count). The Balaban J connectivity index is 1.31. The van der Waals surface area contributed by atoms with Gasteiger partial charge in [-0.25, -0.2) is 0 Å². The van der Waals surface area contributed by atoms with Crippen LogP contribution < -0.4 is 10.6 Å². The fraction of sp³-hybridized carbons (Fsp3) is 0.174. The molecule has 1 saturated carbocycles. The molecule has 2 amide bonds. The number of rotatable bonds is 4. The van der Waals surface area contributed by atoms with E-state index in [0.29, 0.717) is 26.5 Å². The summed E-state index contributed by atoms with van der Waals surface area (Å²) in [5.74, 6) is -0.283. The number of benzene rings is 2. The number of carbonyl (C=O) groups is 2. The molecule has 1 aliphatic carbocycles. The van der Waals surface area contributed by atoms with Crippen molar-refractivity contribution in [3.63, 3.8) is 0 Å². The smallest absolute Gasteiger partial charge is 0.286 e. The maximum absolute atomic E-state index is 12.4. The van der Waals surface area contributed by atoms with E-state index >= 15 is 0 Å². The van der Waals surface area contributed by atoms with Crippen molar-refractivity contribution in [2.24, 2.45) is 10.9 Å². The van der Waals surface area contributed by atoms with Crippen LogP contribution in [-0.4, -0.2) is 26.9 Å². The quantitative estimate of drug-likeness (QED) is 0.522. The number of amides is 2. The third-order valence-electron chi connectivity index (χ3n) is 5.39. The fourth-order valence-corrected chi connectivity index (χ4v) is 4.48. The number of anilines is 2. The first-order valence-electron chi connectivity index (χ1n) is 10.2. The van der Waals surface area contributed by atoms with Gasteiger partial charge in [-0.05, 0) is 60.5 Å². The zero-order chi connectivity index (χ0) is 22.1. The highest BCUT2D eigenvalue weighted by Crippen LogP contribution is 2.35. The number of thioether (sulfide) groups is 1. The summed E-state index contributed by atoms with van der Waals surface area (Å²) in [6.07, 6.45) is 7.96. The van der Waals surface area contributed by atoms with Gasteiger partial charge in [0.2, 0.25) is 5.91 Å². The molecule has 32 heavy (non-hydrogen) atoms. The van der Waals surface area contributed by atoms with Gasteiger partial charge in [0.25, 0.3) is 5.91 Å². The van der Waals surface area contributed by atoms with Crippen molar-refractivity contribution in [1.82, 2.24) is 9.97 Å². The number of aliphatic imine (C=N–C) groups is 1. The van der Waals surface area contributed by atoms with Crippen LogP contribution in [0.2, 0.25) is 5.02 Å². The third kappa shape index (κ3) is 4.24. The number of nitrogens with one attached hydrogen (secondary N) is 2. The molecule has 2 aliphatic rings. The third-order valence-corrected chi connectivity index (χ3v) is 6.69. The Morgan fingerprint density at radius 2 is 1.88 bits per heavy atom. The van der Waals surface area contributed by atoms with Gasteiger partial charge in [-0.2, -0.15) is 4.99 Å². The van der Waals surface area contributed by atoms with Crippen molar-refractivity contribution in [3.8, 4) is 0 Å². The molecule has 0 spiro atoms. The monoisotopic (exact) mass is 463 g/mol. The average molecular weight is 464 g/mol. The fourth-order valence-electron chi connectivity index (χ4n) is 3.43. The zero-order valence-electron chi connectivity index (χ0n) is 16.8. The van der Waals surface area contributed by atoms with Crippen LogP contribution in [-0.2, 0) is 9.59 Å². The number of amidine groups is 1. The molecule has 7 nitrogen and oxygen atoms in total. The lowest BCUT2D eigenvalue weighted by molar-refractivity contribution is -0.122. The topological polar surface area (TPSA) is 96.3 Å². The van der Waals surface area contributed by atoms with Crippen LogP contribution in [0.15, 0.2) is 58.7 Å². The minimum Gasteiger partial charge on any atom is -0.333 e. The molecule has 9 heteroatoms. The normalized spacial score (nSPS) is 17.3. The summed E-state index contributed by atoms with van der Waals surface area (Å²) in [6, 6.07) is 10.9. The minimum atomic E-state index is -0.331. The Kier molecular flexibility index (Phi) is 5.63. The van der Waals surface area contributed by atoms with E-state index in [1.165, 1.54) is 11.8 Å². The number of fused-ring (bicyclic) bond motifs is 1. The van der Waals surface area contributed by atoms with E-state index in [-0.39, 0.29) is 17.7 Å². The van der Waals surface area contributed by atoms with Crippen LogP contribution >= 0.6 is 23.4 Å². The summed E-state index contributed by atoms with van der Waals surface area (Å²) in [4.78, 5) is 37.8. The molecule has 0 bridgehead atoms. The molecule has 3 aromatic rings. The maximum Gasteiger partial charge on any atom is 0.286 e. The van der Waals surface area contributed by atoms with E-state index in [1.807, 2.05) is 18.2 Å². The van der Waals surface area contributed by atoms with E-state index in [2.05, 4.69) is 25.6 Å². The van der Waals surface area contributed by atoms with Crippen molar-refractivity contribution in [3.05, 3.63) is 64.3 Å². The van der Waals surface area contributed by atoms with Gasteiger partial charge < -0.3 is 10.6 Å². The number of carbonyl (C=O) groups excluding carboxylic acids is 2. The molecule has 160 valence electrons. The first-order valence-corrected chi connectivity index (χ1v) is 11.4. The largest absolute Gasteiger partial charge is 0.333 e. The number of halogens is 1. The maximum atomic E-state index is 12.4. The van der Waals surface area contributed by atoms with E-state index in [1.54, 1.807) is 36.7 Å². The van der Waals surface area contributed by atoms with E-state index in [0.717, 1.165) is 35.9 Å². The van der Waals surface area contributed by atoms with Gasteiger partial charge in [-0.1, -0.05) is 30.2 Å². The van der Waals surface area contributed by atoms with Crippen molar-refractivity contribution < 1.29 is 9.59 Å². The van der Waals surface area contributed by atoms with Crippen LogP contribution in [0, 0.1) is 5.92 Å². The van der Waals surface area contributed by atoms with Gasteiger partial charge in [0.15, 0.2) is 5.17 Å². The van der Waals surface area contributed by atoms with Crippen molar-refractivity contribution in [2.45, 2.75) is 19.3 Å². The van der Waals surface area contributed by atoms with Gasteiger partial charge in [0.05, 0.1) is 32.3 Å². The predicted molar refractivity (Wildman–Crippen MR) is 129 cm³/mol. The molecule has 1 fully saturated rings. The van der Waals surface area contributed by atoms with Crippen molar-refractivity contribution in [1.29, 1.82) is 0 Å². The summed E-state index contributed by atoms with van der Waals surface area (Å²) in [5.41, 5.74) is 3.49. The Morgan fingerprint density at radius 1 is 1.09 bits per heavy atom.